The summed E-state index contributed by atoms with van der Waals surface area (Å²) in [6.45, 7) is 7.58. The van der Waals surface area contributed by atoms with Gasteiger partial charge in [0, 0.05) is 17.5 Å². The molecule has 0 aliphatic heterocycles. The number of hydrogen-bond acceptors (Lipinski definition) is 2. The first-order valence-electron chi connectivity index (χ1n) is 8.41. The van der Waals surface area contributed by atoms with Crippen LogP contribution in [0.3, 0.4) is 0 Å². The molecule has 0 fully saturated rings. The first-order chi connectivity index (χ1) is 11.6. The molecule has 136 valence electrons. The Morgan fingerprint density at radius 2 is 1.52 bits per heavy atom. The van der Waals surface area contributed by atoms with Gasteiger partial charge in [-0.05, 0) is 49.9 Å². The third-order valence-electron chi connectivity index (χ3n) is 4.53. The van der Waals surface area contributed by atoms with Gasteiger partial charge < -0.3 is 0 Å². The fourth-order valence-electron chi connectivity index (χ4n) is 2.70. The summed E-state index contributed by atoms with van der Waals surface area (Å²) in [5, 5.41) is 0.695. The van der Waals surface area contributed by atoms with Gasteiger partial charge in [0.1, 0.15) is 0 Å². The molecule has 2 atom stereocenters. The molecule has 0 radical (unpaired) electrons. The highest BCUT2D eigenvalue weighted by molar-refractivity contribution is 7.90. The number of halogens is 1. The zero-order valence-electron chi connectivity index (χ0n) is 15.2. The van der Waals surface area contributed by atoms with Crippen LogP contribution in [0.5, 0.6) is 0 Å². The van der Waals surface area contributed by atoms with Gasteiger partial charge in [0.25, 0.3) is 0 Å². The van der Waals surface area contributed by atoms with E-state index in [0.717, 1.165) is 11.1 Å². The van der Waals surface area contributed by atoms with E-state index in [0.29, 0.717) is 11.6 Å². The Kier molecular flexibility index (Phi) is 6.30. The molecule has 0 saturated carbocycles. The number of hydrogen-bond donors (Lipinski definition) is 1. The summed E-state index contributed by atoms with van der Waals surface area (Å²) < 4.78 is 26.9. The predicted octanol–water partition coefficient (Wildman–Crippen LogP) is 4.95. The van der Waals surface area contributed by atoms with E-state index in [-0.39, 0.29) is 11.8 Å². The normalized spacial score (nSPS) is 14.9. The van der Waals surface area contributed by atoms with Crippen LogP contribution in [0.15, 0.2) is 54.6 Å². The van der Waals surface area contributed by atoms with E-state index in [2.05, 4.69) is 11.6 Å². The average molecular weight is 380 g/mol. The van der Waals surface area contributed by atoms with E-state index >= 15 is 0 Å². The first-order valence-corrected chi connectivity index (χ1v) is 10.3. The van der Waals surface area contributed by atoms with Crippen molar-refractivity contribution < 1.29 is 8.42 Å². The van der Waals surface area contributed by atoms with E-state index < -0.39 is 14.8 Å². The van der Waals surface area contributed by atoms with Crippen molar-refractivity contribution in [1.29, 1.82) is 0 Å². The van der Waals surface area contributed by atoms with Crippen molar-refractivity contribution in [2.24, 2.45) is 0 Å². The summed E-state index contributed by atoms with van der Waals surface area (Å²) in [6.07, 6.45) is 0. The van der Waals surface area contributed by atoms with Gasteiger partial charge in [0.2, 0.25) is 10.0 Å². The molecule has 2 unspecified atom stereocenters. The lowest BCUT2D eigenvalue weighted by molar-refractivity contribution is 0.518. The van der Waals surface area contributed by atoms with Crippen LogP contribution in [0, 0.1) is 0 Å². The van der Waals surface area contributed by atoms with Crippen molar-refractivity contribution in [2.45, 2.75) is 44.3 Å². The average Bonchev–Trinajstić information content (AvgIpc) is 2.55. The minimum absolute atomic E-state index is 0.0273. The van der Waals surface area contributed by atoms with Crippen LogP contribution >= 0.6 is 11.6 Å². The van der Waals surface area contributed by atoms with E-state index in [1.807, 2.05) is 54.6 Å². The molecule has 25 heavy (non-hydrogen) atoms. The SMILES string of the molecule is CC(c1ccc(Cl)cc1)C(CNS(=O)(=O)C(C)(C)C)c1ccccc1. The summed E-state index contributed by atoms with van der Waals surface area (Å²) >= 11 is 5.99. The molecule has 0 spiro atoms. The van der Waals surface area contributed by atoms with Gasteiger partial charge in [0.15, 0.2) is 0 Å². The van der Waals surface area contributed by atoms with E-state index in [1.54, 1.807) is 20.8 Å². The van der Waals surface area contributed by atoms with Gasteiger partial charge in [-0.25, -0.2) is 13.1 Å². The molecule has 1 N–H and O–H groups in total. The second-order valence-electron chi connectivity index (χ2n) is 7.32. The molecule has 0 aliphatic carbocycles. The summed E-state index contributed by atoms with van der Waals surface area (Å²) in [5.41, 5.74) is 2.25. The summed E-state index contributed by atoms with van der Waals surface area (Å²) in [4.78, 5) is 0. The van der Waals surface area contributed by atoms with Crippen molar-refractivity contribution in [3.8, 4) is 0 Å². The second-order valence-corrected chi connectivity index (χ2v) is 10.3. The fourth-order valence-corrected chi connectivity index (χ4v) is 3.66. The van der Waals surface area contributed by atoms with Crippen molar-refractivity contribution in [3.05, 3.63) is 70.7 Å². The quantitative estimate of drug-likeness (QED) is 0.772. The lowest BCUT2D eigenvalue weighted by Gasteiger charge is -2.27. The maximum atomic E-state index is 12.5. The van der Waals surface area contributed by atoms with E-state index in [9.17, 15) is 8.42 Å². The number of sulfonamides is 1. The summed E-state index contributed by atoms with van der Waals surface area (Å²) in [5.74, 6) is 0.168. The van der Waals surface area contributed by atoms with Crippen molar-refractivity contribution in [1.82, 2.24) is 4.72 Å². The lowest BCUT2D eigenvalue weighted by atomic mass is 9.83. The smallest absolute Gasteiger partial charge is 0.214 e. The Balaban J connectivity index is 2.30. The monoisotopic (exact) mass is 379 g/mol. The lowest BCUT2D eigenvalue weighted by Crippen LogP contribution is -2.41. The van der Waals surface area contributed by atoms with Gasteiger partial charge in [0.05, 0.1) is 4.75 Å². The highest BCUT2D eigenvalue weighted by Crippen LogP contribution is 2.33. The van der Waals surface area contributed by atoms with Gasteiger partial charge >= 0.3 is 0 Å². The zero-order valence-corrected chi connectivity index (χ0v) is 16.7. The third-order valence-corrected chi connectivity index (χ3v) is 6.94. The number of rotatable bonds is 6. The number of benzene rings is 2. The molecule has 0 bridgehead atoms. The fraction of sp³-hybridized carbons (Fsp3) is 0.400. The minimum Gasteiger partial charge on any atom is -0.214 e. The molecule has 2 aromatic rings. The van der Waals surface area contributed by atoms with Crippen LogP contribution in [-0.2, 0) is 10.0 Å². The maximum absolute atomic E-state index is 12.5. The largest absolute Gasteiger partial charge is 0.216 e. The zero-order chi connectivity index (χ0) is 18.7. The molecule has 2 rings (SSSR count). The van der Waals surface area contributed by atoms with Crippen LogP contribution in [0.1, 0.15) is 50.7 Å². The van der Waals surface area contributed by atoms with Gasteiger partial charge in [-0.2, -0.15) is 0 Å². The molecule has 0 aromatic heterocycles. The molecule has 0 aliphatic rings. The Bertz CT molecular complexity index is 781. The van der Waals surface area contributed by atoms with Crippen LogP contribution < -0.4 is 4.72 Å². The highest BCUT2D eigenvalue weighted by atomic mass is 35.5. The molecule has 5 heteroatoms. The van der Waals surface area contributed by atoms with Crippen LogP contribution in [0.4, 0.5) is 0 Å². The first kappa shape index (κ1) is 20.0. The molecule has 0 amide bonds. The third kappa shape index (κ3) is 5.06. The van der Waals surface area contributed by atoms with Crippen LogP contribution in [0.2, 0.25) is 5.02 Å². The molecule has 3 nitrogen and oxygen atoms in total. The molecule has 0 saturated heterocycles. The van der Waals surface area contributed by atoms with E-state index in [4.69, 9.17) is 11.6 Å². The molecule has 0 heterocycles. The predicted molar refractivity (Wildman–Crippen MR) is 106 cm³/mol. The van der Waals surface area contributed by atoms with Crippen molar-refractivity contribution >= 4 is 21.6 Å². The van der Waals surface area contributed by atoms with Crippen molar-refractivity contribution in [3.63, 3.8) is 0 Å². The Morgan fingerprint density at radius 1 is 0.960 bits per heavy atom. The summed E-state index contributed by atoms with van der Waals surface area (Å²) in [7, 11) is -3.39. The van der Waals surface area contributed by atoms with Gasteiger partial charge in [-0.3, -0.25) is 0 Å². The van der Waals surface area contributed by atoms with Gasteiger partial charge in [-0.15, -0.1) is 0 Å². The van der Waals surface area contributed by atoms with E-state index in [1.165, 1.54) is 0 Å². The van der Waals surface area contributed by atoms with Crippen LogP contribution in [0.25, 0.3) is 0 Å². The Hall–Kier alpha value is -1.36. The van der Waals surface area contributed by atoms with Crippen LogP contribution in [-0.4, -0.2) is 19.7 Å². The number of nitrogens with one attached hydrogen (secondary N) is 1. The highest BCUT2D eigenvalue weighted by Gasteiger charge is 2.30. The van der Waals surface area contributed by atoms with Crippen molar-refractivity contribution in [2.75, 3.05) is 6.54 Å². The standard InChI is InChI=1S/C20H26ClNO2S/c1-15(16-10-12-18(21)13-11-16)19(17-8-6-5-7-9-17)14-22-25(23,24)20(2,3)4/h5-13,15,19,22H,14H2,1-4H3. The summed E-state index contributed by atoms with van der Waals surface area (Å²) in [6, 6.07) is 17.8. The maximum Gasteiger partial charge on any atom is 0.216 e. The minimum atomic E-state index is -3.39. The van der Waals surface area contributed by atoms with Gasteiger partial charge in [-0.1, -0.05) is 61.0 Å². The Labute approximate surface area is 156 Å². The molecular weight excluding hydrogens is 354 g/mol. The molecule has 2 aromatic carbocycles. The second kappa shape index (κ2) is 7.90. The topological polar surface area (TPSA) is 46.2 Å². The molecular formula is C20H26ClNO2S. The Morgan fingerprint density at radius 3 is 2.04 bits per heavy atom.